The molecule has 1 rings (SSSR count). The van der Waals surface area contributed by atoms with Gasteiger partial charge >= 0.3 is 6.03 Å². The third kappa shape index (κ3) is 5.21. The second-order valence-electron chi connectivity index (χ2n) is 3.13. The van der Waals surface area contributed by atoms with Gasteiger partial charge in [0.1, 0.15) is 0 Å². The van der Waals surface area contributed by atoms with Gasteiger partial charge in [-0.05, 0) is 19.1 Å². The second kappa shape index (κ2) is 6.74. The molecular formula is C10H14N4O2S. The van der Waals surface area contributed by atoms with Crippen LogP contribution in [-0.2, 0) is 4.79 Å². The highest BCUT2D eigenvalue weighted by molar-refractivity contribution is 7.99. The minimum absolute atomic E-state index is 0.133. The number of nitrogens with two attached hydrogens (primary N) is 1. The number of nitrogens with one attached hydrogen (secondary N) is 2. The lowest BCUT2D eigenvalue weighted by Crippen LogP contribution is -2.40. The lowest BCUT2D eigenvalue weighted by atomic mass is 10.4. The first-order valence-electron chi connectivity index (χ1n) is 5.04. The molecule has 4 N–H and O–H groups in total. The summed E-state index contributed by atoms with van der Waals surface area (Å²) in [5.41, 5.74) is 6.05. The van der Waals surface area contributed by atoms with E-state index in [0.717, 1.165) is 0 Å². The fourth-order valence-corrected chi connectivity index (χ4v) is 1.63. The van der Waals surface area contributed by atoms with E-state index in [-0.39, 0.29) is 11.7 Å². The minimum atomic E-state index is -0.483. The van der Waals surface area contributed by atoms with Crippen LogP contribution in [0.3, 0.4) is 0 Å². The Balaban J connectivity index is 2.33. The van der Waals surface area contributed by atoms with Gasteiger partial charge in [-0.15, -0.1) is 0 Å². The van der Waals surface area contributed by atoms with Gasteiger partial charge in [0.25, 0.3) is 0 Å². The smallest absolute Gasteiger partial charge is 0.321 e. The number of imide groups is 1. The number of hydrogen-bond acceptors (Lipinski definition) is 5. The standard InChI is InChI=1S/C10H14N4O2S/c1-2-12-10(16)14-8(15)6-17-9-4-3-7(11)5-13-9/h3-5H,2,6,11H2,1H3,(H2,12,14,15,16). The van der Waals surface area contributed by atoms with Crippen molar-refractivity contribution in [3.05, 3.63) is 18.3 Å². The van der Waals surface area contributed by atoms with Crippen molar-refractivity contribution in [3.8, 4) is 0 Å². The van der Waals surface area contributed by atoms with Crippen LogP contribution in [0.25, 0.3) is 0 Å². The maximum absolute atomic E-state index is 11.3. The van der Waals surface area contributed by atoms with Gasteiger partial charge in [-0.2, -0.15) is 0 Å². The van der Waals surface area contributed by atoms with Crippen LogP contribution in [0.4, 0.5) is 10.5 Å². The number of urea groups is 1. The quantitative estimate of drug-likeness (QED) is 0.684. The van der Waals surface area contributed by atoms with Gasteiger partial charge in [-0.25, -0.2) is 9.78 Å². The molecule has 1 heterocycles. The Hall–Kier alpha value is -1.76. The zero-order valence-corrected chi connectivity index (χ0v) is 10.2. The van der Waals surface area contributed by atoms with Gasteiger partial charge in [0, 0.05) is 6.54 Å². The Morgan fingerprint density at radius 2 is 2.24 bits per heavy atom. The fraction of sp³-hybridized carbons (Fsp3) is 0.300. The monoisotopic (exact) mass is 254 g/mol. The summed E-state index contributed by atoms with van der Waals surface area (Å²) in [6.07, 6.45) is 1.52. The number of pyridine rings is 1. The molecule has 0 unspecified atom stereocenters. The van der Waals surface area contributed by atoms with Crippen LogP contribution in [0, 0.1) is 0 Å². The second-order valence-corrected chi connectivity index (χ2v) is 4.12. The van der Waals surface area contributed by atoms with Crippen LogP contribution in [-0.4, -0.2) is 29.2 Å². The van der Waals surface area contributed by atoms with E-state index in [9.17, 15) is 9.59 Å². The number of rotatable bonds is 4. The van der Waals surface area contributed by atoms with E-state index in [4.69, 9.17) is 5.73 Å². The molecule has 0 aliphatic carbocycles. The summed E-state index contributed by atoms with van der Waals surface area (Å²) in [6.45, 7) is 2.25. The van der Waals surface area contributed by atoms with Crippen LogP contribution < -0.4 is 16.4 Å². The van der Waals surface area contributed by atoms with E-state index in [0.29, 0.717) is 17.3 Å². The Bertz CT molecular complexity index is 394. The number of carbonyl (C=O) groups is 2. The van der Waals surface area contributed by atoms with Crippen molar-refractivity contribution in [2.75, 3.05) is 18.0 Å². The van der Waals surface area contributed by atoms with Gasteiger partial charge in [0.05, 0.1) is 22.7 Å². The van der Waals surface area contributed by atoms with E-state index in [1.165, 1.54) is 18.0 Å². The number of aromatic nitrogens is 1. The van der Waals surface area contributed by atoms with E-state index >= 15 is 0 Å². The van der Waals surface area contributed by atoms with Crippen LogP contribution in [0.15, 0.2) is 23.4 Å². The zero-order chi connectivity index (χ0) is 12.7. The fourth-order valence-electron chi connectivity index (χ4n) is 0.984. The maximum Gasteiger partial charge on any atom is 0.321 e. The first-order chi connectivity index (χ1) is 8.11. The average molecular weight is 254 g/mol. The average Bonchev–Trinajstić information content (AvgIpc) is 2.28. The molecule has 92 valence electrons. The number of anilines is 1. The largest absolute Gasteiger partial charge is 0.397 e. The number of hydrogen-bond donors (Lipinski definition) is 3. The molecule has 7 heteroatoms. The molecule has 0 aliphatic rings. The highest BCUT2D eigenvalue weighted by Crippen LogP contribution is 2.15. The van der Waals surface area contributed by atoms with Gasteiger partial charge in [-0.3, -0.25) is 10.1 Å². The zero-order valence-electron chi connectivity index (χ0n) is 9.40. The summed E-state index contributed by atoms with van der Waals surface area (Å²) in [4.78, 5) is 26.4. The summed E-state index contributed by atoms with van der Waals surface area (Å²) >= 11 is 1.24. The van der Waals surface area contributed by atoms with Crippen molar-refractivity contribution >= 4 is 29.4 Å². The van der Waals surface area contributed by atoms with Crippen molar-refractivity contribution in [3.63, 3.8) is 0 Å². The van der Waals surface area contributed by atoms with Gasteiger partial charge in [0.2, 0.25) is 5.91 Å². The molecule has 17 heavy (non-hydrogen) atoms. The van der Waals surface area contributed by atoms with Crippen LogP contribution >= 0.6 is 11.8 Å². The first-order valence-corrected chi connectivity index (χ1v) is 6.02. The van der Waals surface area contributed by atoms with Gasteiger partial charge in [0.15, 0.2) is 0 Å². The van der Waals surface area contributed by atoms with E-state index < -0.39 is 6.03 Å². The molecule has 0 saturated carbocycles. The normalized spacial score (nSPS) is 9.71. The summed E-state index contributed by atoms with van der Waals surface area (Å²) in [7, 11) is 0. The van der Waals surface area contributed by atoms with Gasteiger partial charge in [-0.1, -0.05) is 11.8 Å². The number of amides is 3. The molecule has 0 radical (unpaired) electrons. The summed E-state index contributed by atoms with van der Waals surface area (Å²) in [5.74, 6) is -0.229. The molecule has 0 aromatic carbocycles. The van der Waals surface area contributed by atoms with E-state index in [1.54, 1.807) is 19.1 Å². The molecule has 1 aromatic rings. The van der Waals surface area contributed by atoms with Crippen molar-refractivity contribution in [1.29, 1.82) is 0 Å². The predicted molar refractivity (Wildman–Crippen MR) is 66.6 cm³/mol. The van der Waals surface area contributed by atoms with Crippen molar-refractivity contribution < 1.29 is 9.59 Å². The van der Waals surface area contributed by atoms with Crippen molar-refractivity contribution in [1.82, 2.24) is 15.6 Å². The van der Waals surface area contributed by atoms with E-state index in [2.05, 4.69) is 15.6 Å². The lowest BCUT2D eigenvalue weighted by Gasteiger charge is -2.04. The molecule has 0 atom stereocenters. The summed E-state index contributed by atoms with van der Waals surface area (Å²) in [5, 5.41) is 5.36. The Morgan fingerprint density at radius 3 is 2.82 bits per heavy atom. The minimum Gasteiger partial charge on any atom is -0.397 e. The molecule has 3 amide bonds. The molecule has 1 aromatic heterocycles. The maximum atomic E-state index is 11.3. The Labute approximate surface area is 103 Å². The van der Waals surface area contributed by atoms with Crippen LogP contribution in [0.5, 0.6) is 0 Å². The topological polar surface area (TPSA) is 97.1 Å². The molecule has 6 nitrogen and oxygen atoms in total. The third-order valence-corrected chi connectivity index (χ3v) is 2.64. The highest BCUT2D eigenvalue weighted by atomic mass is 32.2. The molecule has 0 bridgehead atoms. The van der Waals surface area contributed by atoms with Crippen LogP contribution in [0.1, 0.15) is 6.92 Å². The molecule has 0 aliphatic heterocycles. The number of thioether (sulfide) groups is 1. The molecule has 0 spiro atoms. The lowest BCUT2D eigenvalue weighted by molar-refractivity contribution is -0.117. The summed E-state index contributed by atoms with van der Waals surface area (Å²) in [6, 6.07) is 2.94. The summed E-state index contributed by atoms with van der Waals surface area (Å²) < 4.78 is 0. The SMILES string of the molecule is CCNC(=O)NC(=O)CSc1ccc(N)cn1. The first kappa shape index (κ1) is 13.3. The highest BCUT2D eigenvalue weighted by Gasteiger charge is 2.07. The molecule has 0 fully saturated rings. The number of nitrogens with zero attached hydrogens (tertiary/aromatic N) is 1. The Morgan fingerprint density at radius 1 is 1.47 bits per heavy atom. The van der Waals surface area contributed by atoms with E-state index in [1.807, 2.05) is 0 Å². The van der Waals surface area contributed by atoms with Crippen molar-refractivity contribution in [2.45, 2.75) is 11.9 Å². The Kier molecular flexibility index (Phi) is 5.28. The van der Waals surface area contributed by atoms with Crippen LogP contribution in [0.2, 0.25) is 0 Å². The predicted octanol–water partition coefficient (Wildman–Crippen LogP) is 0.602. The molecular weight excluding hydrogens is 240 g/mol. The molecule has 0 saturated heterocycles. The number of nitrogen functional groups attached to an aromatic ring is 1. The van der Waals surface area contributed by atoms with Gasteiger partial charge < -0.3 is 11.1 Å². The number of carbonyl (C=O) groups excluding carboxylic acids is 2. The third-order valence-electron chi connectivity index (χ3n) is 1.70. The van der Waals surface area contributed by atoms with Crippen molar-refractivity contribution in [2.24, 2.45) is 0 Å².